The van der Waals surface area contributed by atoms with Crippen molar-refractivity contribution < 1.29 is 8.22 Å². The highest BCUT2D eigenvalue weighted by molar-refractivity contribution is 7.99. The van der Waals surface area contributed by atoms with Gasteiger partial charge in [0, 0.05) is 29.1 Å². The van der Waals surface area contributed by atoms with Gasteiger partial charge in [-0.2, -0.15) is 0 Å². The van der Waals surface area contributed by atoms with Crippen LogP contribution in [-0.2, 0) is 10.8 Å². The van der Waals surface area contributed by atoms with Crippen molar-refractivity contribution in [3.63, 3.8) is 0 Å². The second-order valence-electron chi connectivity index (χ2n) is 14.9. The molecule has 1 aliphatic heterocycles. The Morgan fingerprint density at radius 1 is 0.680 bits per heavy atom. The van der Waals surface area contributed by atoms with E-state index in [0.29, 0.717) is 22.6 Å². The third-order valence-corrected chi connectivity index (χ3v) is 11.6. The van der Waals surface area contributed by atoms with Crippen LogP contribution in [0.4, 0.5) is 0 Å². The van der Waals surface area contributed by atoms with Gasteiger partial charge in [0.15, 0.2) is 0 Å². The summed E-state index contributed by atoms with van der Waals surface area (Å²) >= 11 is 1.75. The summed E-state index contributed by atoms with van der Waals surface area (Å²) in [7, 11) is 0. The van der Waals surface area contributed by atoms with E-state index in [9.17, 15) is 0 Å². The molecule has 0 aliphatic carbocycles. The summed E-state index contributed by atoms with van der Waals surface area (Å²) in [5, 5.41) is 0. The van der Waals surface area contributed by atoms with Gasteiger partial charge in [0.05, 0.1) is 22.1 Å². The van der Waals surface area contributed by atoms with Crippen LogP contribution in [0.15, 0.2) is 131 Å². The fraction of sp³-hybridized carbons (Fsp3) is 0.196. The van der Waals surface area contributed by atoms with E-state index in [1.165, 1.54) is 16.0 Å². The SMILES string of the molecule is [2H]C([2H])([2H])c1ccc(-c2c(C(C)(C)C)ccc3c2Sc2ccccc2C3(C)C)cc1-c1cc(-n2c3ccccc3n3c4ccccc4nc23)ccc1C([2H])([2H])[2H]. The van der Waals surface area contributed by atoms with Gasteiger partial charge in [-0.25, -0.2) is 4.98 Å². The van der Waals surface area contributed by atoms with E-state index in [-0.39, 0.29) is 22.0 Å². The van der Waals surface area contributed by atoms with Crippen LogP contribution in [0, 0.1) is 13.7 Å². The van der Waals surface area contributed by atoms with Gasteiger partial charge >= 0.3 is 0 Å². The lowest BCUT2D eigenvalue weighted by molar-refractivity contribution is 0.580. The van der Waals surface area contributed by atoms with Crippen LogP contribution in [0.3, 0.4) is 0 Å². The smallest absolute Gasteiger partial charge is 0.220 e. The molecule has 0 bridgehead atoms. The van der Waals surface area contributed by atoms with Crippen molar-refractivity contribution in [2.45, 2.75) is 68.9 Å². The van der Waals surface area contributed by atoms with E-state index >= 15 is 0 Å². The van der Waals surface area contributed by atoms with Gasteiger partial charge in [-0.05, 0) is 118 Å². The van der Waals surface area contributed by atoms with Crippen molar-refractivity contribution in [3.05, 3.63) is 149 Å². The number of rotatable bonds is 3. The van der Waals surface area contributed by atoms with E-state index in [2.05, 4.69) is 75.4 Å². The molecule has 0 radical (unpaired) electrons. The Morgan fingerprint density at radius 2 is 1.36 bits per heavy atom. The average Bonchev–Trinajstić information content (AvgIpc) is 3.67. The number of imidazole rings is 2. The van der Waals surface area contributed by atoms with Crippen LogP contribution in [0.25, 0.3) is 55.8 Å². The predicted molar refractivity (Wildman–Crippen MR) is 211 cm³/mol. The third kappa shape index (κ3) is 4.54. The maximum Gasteiger partial charge on any atom is 0.220 e. The van der Waals surface area contributed by atoms with Gasteiger partial charge in [-0.15, -0.1) is 0 Å². The molecule has 6 aromatic carbocycles. The molecule has 4 heteroatoms. The standard InChI is InChI=1S/C46H41N3S/c1-28-20-22-30(42-35(45(3,4)5)24-25-36-43(42)50-41-19-13-8-14-34(41)46(36,6)7)26-32(28)33-27-31(23-21-29(33)2)48-39-17-11-12-18-40(39)49-38-16-10-9-15-37(38)47-44(48)49/h8-27H,1-7H3/i1D3,2D3. The Morgan fingerprint density at radius 3 is 2.14 bits per heavy atom. The predicted octanol–water partition coefficient (Wildman–Crippen LogP) is 12.5. The Kier molecular flexibility index (Phi) is 5.48. The number of fused-ring (bicyclic) bond motifs is 7. The number of hydrogen-bond acceptors (Lipinski definition) is 2. The zero-order valence-corrected chi connectivity index (χ0v) is 29.6. The summed E-state index contributed by atoms with van der Waals surface area (Å²) in [5.74, 6) is 0.676. The Balaban J connectivity index is 1.35. The molecule has 0 saturated carbocycles. The van der Waals surface area contributed by atoms with Crippen molar-refractivity contribution in [2.75, 3.05) is 0 Å². The Hall–Kier alpha value is -5.06. The molecule has 0 spiro atoms. The normalized spacial score (nSPS) is 16.3. The van der Waals surface area contributed by atoms with E-state index in [1.807, 2.05) is 71.3 Å². The minimum Gasteiger partial charge on any atom is -0.278 e. The summed E-state index contributed by atoms with van der Waals surface area (Å²) in [6, 6.07) is 39.7. The lowest BCUT2D eigenvalue weighted by atomic mass is 9.73. The summed E-state index contributed by atoms with van der Waals surface area (Å²) in [5.41, 5.74) is 10.1. The number of aromatic nitrogens is 3. The van der Waals surface area contributed by atoms with Crippen molar-refractivity contribution in [3.8, 4) is 27.9 Å². The van der Waals surface area contributed by atoms with Crippen molar-refractivity contribution >= 4 is 39.6 Å². The minimum atomic E-state index is -2.53. The van der Waals surface area contributed by atoms with Gasteiger partial charge in [0.25, 0.3) is 0 Å². The number of aryl methyl sites for hydroxylation is 2. The minimum absolute atomic E-state index is 0.0838. The first-order valence-corrected chi connectivity index (χ1v) is 17.9. The molecular weight excluding hydrogens is 627 g/mol. The van der Waals surface area contributed by atoms with Crippen LogP contribution < -0.4 is 0 Å². The van der Waals surface area contributed by atoms with E-state index in [1.54, 1.807) is 30.0 Å². The highest BCUT2D eigenvalue weighted by Crippen LogP contribution is 2.54. The first kappa shape index (κ1) is 25.0. The molecule has 3 nitrogen and oxygen atoms in total. The number of benzene rings is 6. The Bertz CT molecular complexity index is 2890. The van der Waals surface area contributed by atoms with Crippen LogP contribution >= 0.6 is 11.8 Å². The van der Waals surface area contributed by atoms with Gasteiger partial charge in [-0.3, -0.25) is 8.97 Å². The first-order chi connectivity index (χ1) is 26.4. The Labute approximate surface area is 307 Å². The maximum atomic E-state index is 8.73. The lowest BCUT2D eigenvalue weighted by Gasteiger charge is -2.37. The number of para-hydroxylation sites is 4. The largest absolute Gasteiger partial charge is 0.278 e. The quantitative estimate of drug-likeness (QED) is 0.186. The summed E-state index contributed by atoms with van der Waals surface area (Å²) < 4.78 is 56.5. The highest BCUT2D eigenvalue weighted by atomic mass is 32.2. The highest BCUT2D eigenvalue weighted by Gasteiger charge is 2.36. The molecule has 1 aliphatic rings. The zero-order chi connectivity index (χ0) is 39.5. The summed E-state index contributed by atoms with van der Waals surface area (Å²) in [4.78, 5) is 7.35. The molecule has 0 N–H and O–H groups in total. The van der Waals surface area contributed by atoms with Gasteiger partial charge in [0.2, 0.25) is 5.78 Å². The molecule has 246 valence electrons. The van der Waals surface area contributed by atoms with E-state index in [0.717, 1.165) is 43.7 Å². The van der Waals surface area contributed by atoms with Gasteiger partial charge in [0.1, 0.15) is 0 Å². The molecule has 8 aromatic rings. The fourth-order valence-electron chi connectivity index (χ4n) is 7.84. The fourth-order valence-corrected chi connectivity index (χ4v) is 9.40. The lowest BCUT2D eigenvalue weighted by Crippen LogP contribution is -2.25. The summed E-state index contributed by atoms with van der Waals surface area (Å²) in [6.45, 7) is 6.04. The zero-order valence-electron chi connectivity index (χ0n) is 34.8. The monoisotopic (exact) mass is 673 g/mol. The van der Waals surface area contributed by atoms with Crippen LogP contribution in [0.2, 0.25) is 0 Å². The molecule has 3 heterocycles. The van der Waals surface area contributed by atoms with Crippen LogP contribution in [0.1, 0.15) is 70.7 Å². The molecule has 0 saturated heterocycles. The van der Waals surface area contributed by atoms with Crippen LogP contribution in [-0.4, -0.2) is 14.0 Å². The second-order valence-corrected chi connectivity index (χ2v) is 15.9. The molecule has 50 heavy (non-hydrogen) atoms. The summed E-state index contributed by atoms with van der Waals surface area (Å²) in [6.07, 6.45) is 0. The first-order valence-electron chi connectivity index (χ1n) is 20.1. The molecular formula is C46H41N3S. The molecule has 0 atom stereocenters. The average molecular weight is 674 g/mol. The van der Waals surface area contributed by atoms with E-state index in [4.69, 9.17) is 13.2 Å². The van der Waals surface area contributed by atoms with E-state index < -0.39 is 13.7 Å². The van der Waals surface area contributed by atoms with Gasteiger partial charge in [-0.1, -0.05) is 119 Å². The van der Waals surface area contributed by atoms with Crippen molar-refractivity contribution in [1.29, 1.82) is 0 Å². The molecule has 0 unspecified atom stereocenters. The second kappa shape index (κ2) is 11.0. The van der Waals surface area contributed by atoms with Crippen LogP contribution in [0.5, 0.6) is 0 Å². The third-order valence-electron chi connectivity index (χ3n) is 10.4. The molecule has 0 fully saturated rings. The van der Waals surface area contributed by atoms with Crippen molar-refractivity contribution in [1.82, 2.24) is 14.0 Å². The molecule has 0 amide bonds. The molecule has 9 rings (SSSR count). The number of nitrogens with zero attached hydrogens (tertiary/aromatic N) is 3. The maximum absolute atomic E-state index is 8.73. The topological polar surface area (TPSA) is 22.2 Å². The van der Waals surface area contributed by atoms with Gasteiger partial charge < -0.3 is 0 Å². The van der Waals surface area contributed by atoms with Crippen molar-refractivity contribution in [2.24, 2.45) is 0 Å². The number of hydrogen-bond donors (Lipinski definition) is 0. The molecule has 2 aromatic heterocycles.